The van der Waals surface area contributed by atoms with E-state index in [1.165, 1.54) is 25.4 Å². The van der Waals surface area contributed by atoms with Crippen molar-refractivity contribution >= 4 is 11.8 Å². The van der Waals surface area contributed by atoms with Crippen molar-refractivity contribution in [3.05, 3.63) is 24.2 Å². The van der Waals surface area contributed by atoms with Crippen molar-refractivity contribution in [2.75, 3.05) is 19.6 Å². The van der Waals surface area contributed by atoms with Gasteiger partial charge in [-0.15, -0.1) is 0 Å². The van der Waals surface area contributed by atoms with Crippen molar-refractivity contribution < 1.29 is 14.0 Å². The second-order valence-corrected chi connectivity index (χ2v) is 7.48. The lowest BCUT2D eigenvalue weighted by Gasteiger charge is -2.39. The van der Waals surface area contributed by atoms with Gasteiger partial charge in [-0.3, -0.25) is 14.5 Å². The van der Waals surface area contributed by atoms with Crippen molar-refractivity contribution in [2.45, 2.75) is 52.6 Å². The third-order valence-corrected chi connectivity index (χ3v) is 5.07. The summed E-state index contributed by atoms with van der Waals surface area (Å²) in [6, 6.07) is 1.32. The van der Waals surface area contributed by atoms with Crippen LogP contribution < -0.4 is 10.6 Å². The Bertz CT molecular complexity index is 548. The van der Waals surface area contributed by atoms with Crippen LogP contribution in [0.2, 0.25) is 0 Å². The molecule has 2 atom stereocenters. The molecule has 1 aromatic heterocycles. The van der Waals surface area contributed by atoms with Gasteiger partial charge >= 0.3 is 0 Å². The molecule has 0 radical (unpaired) electrons. The molecule has 0 spiro atoms. The first-order valence-corrected chi connectivity index (χ1v) is 9.23. The zero-order valence-corrected chi connectivity index (χ0v) is 15.7. The Labute approximate surface area is 150 Å². The summed E-state index contributed by atoms with van der Waals surface area (Å²) in [6.45, 7) is 11.2. The van der Waals surface area contributed by atoms with E-state index in [9.17, 15) is 9.59 Å². The smallest absolute Gasteiger partial charge is 0.255 e. The van der Waals surface area contributed by atoms with E-state index in [0.29, 0.717) is 24.1 Å². The maximum absolute atomic E-state index is 12.3. The molecule has 25 heavy (non-hydrogen) atoms. The minimum absolute atomic E-state index is 0.159. The van der Waals surface area contributed by atoms with Crippen LogP contribution in [-0.4, -0.2) is 48.4 Å². The molecule has 2 amide bonds. The highest BCUT2D eigenvalue weighted by Crippen LogP contribution is 2.21. The SMILES string of the molecule is CC1CCN([C@H](CNC(=O)[C@@H](C)NC(=O)c2ccoc2)C(C)C)CC1. The molecule has 0 aliphatic carbocycles. The molecule has 1 aliphatic rings. The van der Waals surface area contributed by atoms with E-state index in [2.05, 4.69) is 36.3 Å². The summed E-state index contributed by atoms with van der Waals surface area (Å²) in [7, 11) is 0. The molecule has 1 aliphatic heterocycles. The number of hydrogen-bond donors (Lipinski definition) is 2. The van der Waals surface area contributed by atoms with E-state index in [0.717, 1.165) is 19.0 Å². The first-order valence-electron chi connectivity index (χ1n) is 9.23. The Morgan fingerprint density at radius 1 is 1.28 bits per heavy atom. The number of likely N-dealkylation sites (tertiary alicyclic amines) is 1. The molecule has 2 heterocycles. The van der Waals surface area contributed by atoms with Crippen LogP contribution in [0, 0.1) is 11.8 Å². The molecular formula is C19H31N3O3. The van der Waals surface area contributed by atoms with E-state index in [-0.39, 0.29) is 11.8 Å². The maximum atomic E-state index is 12.3. The molecule has 0 unspecified atom stereocenters. The van der Waals surface area contributed by atoms with Gasteiger partial charge in [0.2, 0.25) is 5.91 Å². The van der Waals surface area contributed by atoms with Crippen molar-refractivity contribution in [2.24, 2.45) is 11.8 Å². The lowest BCUT2D eigenvalue weighted by molar-refractivity contribution is -0.123. The Kier molecular flexibility index (Phi) is 7.05. The molecular weight excluding hydrogens is 318 g/mol. The molecule has 6 nitrogen and oxygen atoms in total. The molecule has 1 fully saturated rings. The monoisotopic (exact) mass is 349 g/mol. The van der Waals surface area contributed by atoms with Crippen LogP contribution in [0.25, 0.3) is 0 Å². The number of nitrogens with zero attached hydrogens (tertiary/aromatic N) is 1. The van der Waals surface area contributed by atoms with Gasteiger partial charge in [0.15, 0.2) is 0 Å². The highest BCUT2D eigenvalue weighted by Gasteiger charge is 2.26. The summed E-state index contributed by atoms with van der Waals surface area (Å²) in [5, 5.41) is 5.70. The van der Waals surface area contributed by atoms with Crippen LogP contribution in [-0.2, 0) is 4.79 Å². The summed E-state index contributed by atoms with van der Waals surface area (Å²) in [5.41, 5.74) is 0.419. The third kappa shape index (κ3) is 5.59. The van der Waals surface area contributed by atoms with E-state index in [4.69, 9.17) is 4.42 Å². The summed E-state index contributed by atoms with van der Waals surface area (Å²) >= 11 is 0. The van der Waals surface area contributed by atoms with E-state index < -0.39 is 6.04 Å². The molecule has 1 saturated heterocycles. The van der Waals surface area contributed by atoms with Gasteiger partial charge in [-0.25, -0.2) is 0 Å². The fourth-order valence-electron chi connectivity index (χ4n) is 3.24. The minimum atomic E-state index is -0.586. The Morgan fingerprint density at radius 2 is 1.96 bits per heavy atom. The second-order valence-electron chi connectivity index (χ2n) is 7.48. The number of carbonyl (C=O) groups is 2. The average Bonchev–Trinajstić information content (AvgIpc) is 3.10. The van der Waals surface area contributed by atoms with Crippen molar-refractivity contribution in [1.29, 1.82) is 0 Å². The quantitative estimate of drug-likeness (QED) is 0.792. The zero-order chi connectivity index (χ0) is 18.4. The molecule has 140 valence electrons. The Balaban J connectivity index is 1.82. The number of rotatable bonds is 7. The summed E-state index contributed by atoms with van der Waals surface area (Å²) in [5.74, 6) is 0.788. The van der Waals surface area contributed by atoms with Gasteiger partial charge < -0.3 is 15.1 Å². The molecule has 0 aromatic carbocycles. The van der Waals surface area contributed by atoms with Gasteiger partial charge in [-0.1, -0.05) is 20.8 Å². The molecule has 0 bridgehead atoms. The van der Waals surface area contributed by atoms with Crippen LogP contribution >= 0.6 is 0 Å². The number of hydrogen-bond acceptors (Lipinski definition) is 4. The van der Waals surface area contributed by atoms with Gasteiger partial charge in [0.25, 0.3) is 5.91 Å². The molecule has 1 aromatic rings. The Morgan fingerprint density at radius 3 is 2.52 bits per heavy atom. The largest absolute Gasteiger partial charge is 0.472 e. The number of amides is 2. The average molecular weight is 349 g/mol. The van der Waals surface area contributed by atoms with Crippen molar-refractivity contribution in [3.8, 4) is 0 Å². The van der Waals surface area contributed by atoms with Gasteiger partial charge in [0.1, 0.15) is 12.3 Å². The molecule has 2 N–H and O–H groups in total. The van der Waals surface area contributed by atoms with Crippen LogP contribution in [0.4, 0.5) is 0 Å². The van der Waals surface area contributed by atoms with Gasteiger partial charge in [0.05, 0.1) is 11.8 Å². The standard InChI is InChI=1S/C19H31N3O3/c1-13(2)17(22-8-5-14(3)6-9-22)11-20-18(23)15(4)21-19(24)16-7-10-25-12-16/h7,10,12-15,17H,5-6,8-9,11H2,1-4H3,(H,20,23)(H,21,24)/t15-,17-/m1/s1. The minimum Gasteiger partial charge on any atom is -0.472 e. The summed E-state index contributed by atoms with van der Waals surface area (Å²) in [4.78, 5) is 26.8. The Hall–Kier alpha value is -1.82. The first kappa shape index (κ1) is 19.5. The lowest BCUT2D eigenvalue weighted by Crippen LogP contribution is -2.52. The fourth-order valence-corrected chi connectivity index (χ4v) is 3.24. The van der Waals surface area contributed by atoms with Gasteiger partial charge in [-0.2, -0.15) is 0 Å². The number of carbonyl (C=O) groups excluding carboxylic acids is 2. The van der Waals surface area contributed by atoms with E-state index >= 15 is 0 Å². The van der Waals surface area contributed by atoms with Crippen LogP contribution in [0.15, 0.2) is 23.0 Å². The number of piperidine rings is 1. The molecule has 6 heteroatoms. The van der Waals surface area contributed by atoms with Gasteiger partial charge in [0, 0.05) is 12.6 Å². The summed E-state index contributed by atoms with van der Waals surface area (Å²) < 4.78 is 4.89. The van der Waals surface area contributed by atoms with Crippen LogP contribution in [0.3, 0.4) is 0 Å². The zero-order valence-electron chi connectivity index (χ0n) is 15.7. The lowest BCUT2D eigenvalue weighted by atomic mass is 9.94. The first-order chi connectivity index (χ1) is 11.9. The highest BCUT2D eigenvalue weighted by molar-refractivity contribution is 5.97. The topological polar surface area (TPSA) is 74.6 Å². The van der Waals surface area contributed by atoms with E-state index in [1.54, 1.807) is 13.0 Å². The second kappa shape index (κ2) is 9.04. The van der Waals surface area contributed by atoms with Crippen molar-refractivity contribution in [3.63, 3.8) is 0 Å². The summed E-state index contributed by atoms with van der Waals surface area (Å²) in [6.07, 6.45) is 5.24. The fraction of sp³-hybridized carbons (Fsp3) is 0.684. The number of furan rings is 1. The highest BCUT2D eigenvalue weighted by atomic mass is 16.3. The van der Waals surface area contributed by atoms with Crippen molar-refractivity contribution in [1.82, 2.24) is 15.5 Å². The van der Waals surface area contributed by atoms with E-state index in [1.807, 2.05) is 0 Å². The third-order valence-electron chi connectivity index (χ3n) is 5.07. The normalized spacial score (nSPS) is 18.8. The number of nitrogens with one attached hydrogen (secondary N) is 2. The van der Waals surface area contributed by atoms with Crippen LogP contribution in [0.5, 0.6) is 0 Å². The molecule has 0 saturated carbocycles. The maximum Gasteiger partial charge on any atom is 0.255 e. The predicted molar refractivity (Wildman–Crippen MR) is 97.2 cm³/mol. The van der Waals surface area contributed by atoms with Gasteiger partial charge in [-0.05, 0) is 50.8 Å². The van der Waals surface area contributed by atoms with Crippen LogP contribution in [0.1, 0.15) is 50.9 Å². The molecule has 2 rings (SSSR count). The predicted octanol–water partition coefficient (Wildman–Crippen LogP) is 2.27.